The smallest absolute Gasteiger partial charge is 0.255 e. The molecule has 0 spiro atoms. The first kappa shape index (κ1) is 21.1. The van der Waals surface area contributed by atoms with Gasteiger partial charge in [0.05, 0.1) is 18.6 Å². The maximum atomic E-state index is 13.3. The summed E-state index contributed by atoms with van der Waals surface area (Å²) >= 11 is 0. The first-order chi connectivity index (χ1) is 14.6. The van der Waals surface area contributed by atoms with E-state index < -0.39 is 40.6 Å². The van der Waals surface area contributed by atoms with Crippen LogP contribution in [0.25, 0.3) is 5.76 Å². The lowest BCUT2D eigenvalue weighted by molar-refractivity contribution is -0.127. The van der Waals surface area contributed by atoms with Crippen molar-refractivity contribution in [2.75, 3.05) is 14.2 Å². The molecule has 4 rings (SSSR count). The number of phenolic OH excluding ortho intramolecular Hbond substituents is 1. The van der Waals surface area contributed by atoms with Crippen molar-refractivity contribution in [2.24, 2.45) is 23.5 Å². The maximum Gasteiger partial charge on any atom is 0.255 e. The van der Waals surface area contributed by atoms with Crippen LogP contribution in [0.15, 0.2) is 29.0 Å². The zero-order valence-corrected chi connectivity index (χ0v) is 17.2. The maximum absolute atomic E-state index is 13.3. The molecule has 3 atom stereocenters. The summed E-state index contributed by atoms with van der Waals surface area (Å²) in [5.41, 5.74) is 6.51. The fraction of sp³-hybridized carbons (Fsp3) is 0.409. The van der Waals surface area contributed by atoms with Crippen molar-refractivity contribution in [1.29, 1.82) is 0 Å². The molecule has 3 unspecified atom stereocenters. The Morgan fingerprint density at radius 3 is 2.58 bits per heavy atom. The number of ketones is 2. The number of allylic oxidation sites excluding steroid dienone is 2. The molecule has 3 aliphatic carbocycles. The van der Waals surface area contributed by atoms with Gasteiger partial charge in [-0.25, -0.2) is 0 Å². The van der Waals surface area contributed by atoms with E-state index in [0.717, 1.165) is 5.56 Å². The summed E-state index contributed by atoms with van der Waals surface area (Å²) in [4.78, 5) is 42.5. The van der Waals surface area contributed by atoms with Crippen molar-refractivity contribution in [3.63, 3.8) is 0 Å². The summed E-state index contributed by atoms with van der Waals surface area (Å²) in [5.74, 6) is -5.30. The number of nitrogens with two attached hydrogens (primary N) is 1. The predicted molar refractivity (Wildman–Crippen MR) is 108 cm³/mol. The van der Waals surface area contributed by atoms with Crippen LogP contribution >= 0.6 is 0 Å². The van der Waals surface area contributed by atoms with Crippen LogP contribution < -0.4 is 5.73 Å². The lowest BCUT2D eigenvalue weighted by atomic mass is 9.61. The molecule has 1 amide bonds. The number of benzene rings is 1. The third-order valence-electron chi connectivity index (χ3n) is 6.57. The van der Waals surface area contributed by atoms with E-state index in [0.29, 0.717) is 24.9 Å². The molecular weight excluding hydrogens is 404 g/mol. The van der Waals surface area contributed by atoms with Crippen LogP contribution in [-0.4, -0.2) is 52.0 Å². The number of hydroxylamine groups is 2. The number of hydrogen-bond donors (Lipinski definition) is 4. The second-order valence-electron chi connectivity index (χ2n) is 8.32. The van der Waals surface area contributed by atoms with Crippen LogP contribution in [0, 0.1) is 17.8 Å². The number of rotatable bonds is 4. The Kier molecular flexibility index (Phi) is 5.10. The number of aliphatic hydroxyl groups excluding tert-OH is 2. The van der Waals surface area contributed by atoms with Crippen molar-refractivity contribution in [3.8, 4) is 5.75 Å². The Morgan fingerprint density at radius 1 is 1.23 bits per heavy atom. The Hall–Kier alpha value is -3.17. The number of phenols is 1. The molecule has 3 aliphatic rings. The number of hydrogen-bond acceptors (Lipinski definition) is 8. The quantitative estimate of drug-likeness (QED) is 0.414. The van der Waals surface area contributed by atoms with Gasteiger partial charge in [0.1, 0.15) is 22.8 Å². The molecule has 0 aliphatic heterocycles. The van der Waals surface area contributed by atoms with Crippen LogP contribution in [0.2, 0.25) is 0 Å². The number of aromatic hydroxyl groups is 1. The van der Waals surface area contributed by atoms with E-state index >= 15 is 0 Å². The monoisotopic (exact) mass is 428 g/mol. The first-order valence-electron chi connectivity index (χ1n) is 9.98. The number of fused-ring (bicyclic) bond motifs is 3. The van der Waals surface area contributed by atoms with Crippen LogP contribution in [0.1, 0.15) is 29.5 Å². The van der Waals surface area contributed by atoms with E-state index in [9.17, 15) is 29.7 Å². The largest absolute Gasteiger partial charge is 0.511 e. The van der Waals surface area contributed by atoms with Crippen molar-refractivity contribution in [3.05, 3.63) is 45.7 Å². The van der Waals surface area contributed by atoms with E-state index in [1.165, 1.54) is 13.2 Å². The highest BCUT2D eigenvalue weighted by Gasteiger charge is 2.50. The lowest BCUT2D eigenvalue weighted by Gasteiger charge is -2.41. The molecule has 1 fully saturated rings. The van der Waals surface area contributed by atoms with Crippen LogP contribution in [0.5, 0.6) is 5.75 Å². The zero-order valence-electron chi connectivity index (χ0n) is 17.2. The summed E-state index contributed by atoms with van der Waals surface area (Å²) < 4.78 is 0. The zero-order chi connectivity index (χ0) is 22.6. The number of carbonyl (C=O) groups is 3. The number of carbonyl (C=O) groups excluding carboxylic acids is 3. The van der Waals surface area contributed by atoms with Gasteiger partial charge in [-0.2, -0.15) is 5.06 Å². The minimum atomic E-state index is -1.11. The van der Waals surface area contributed by atoms with Crippen LogP contribution in [0.4, 0.5) is 0 Å². The molecule has 31 heavy (non-hydrogen) atoms. The minimum Gasteiger partial charge on any atom is -0.511 e. The summed E-state index contributed by atoms with van der Waals surface area (Å²) in [6.45, 7) is 0.401. The minimum absolute atomic E-state index is 0.0740. The summed E-state index contributed by atoms with van der Waals surface area (Å²) in [7, 11) is 3.28. The molecule has 9 heteroatoms. The number of aliphatic hydroxyl groups is 2. The van der Waals surface area contributed by atoms with Gasteiger partial charge in [-0.05, 0) is 41.9 Å². The molecule has 1 saturated carbocycles. The number of amides is 1. The third kappa shape index (κ3) is 3.21. The van der Waals surface area contributed by atoms with Gasteiger partial charge < -0.3 is 25.9 Å². The highest BCUT2D eigenvalue weighted by atomic mass is 16.7. The molecule has 1 aromatic carbocycles. The van der Waals surface area contributed by atoms with Gasteiger partial charge in [0.25, 0.3) is 5.91 Å². The molecule has 0 radical (unpaired) electrons. The van der Waals surface area contributed by atoms with E-state index in [-0.39, 0.29) is 35.0 Å². The molecule has 0 bridgehead atoms. The second-order valence-corrected chi connectivity index (χ2v) is 8.32. The third-order valence-corrected chi connectivity index (χ3v) is 6.57. The van der Waals surface area contributed by atoms with Crippen molar-refractivity contribution in [1.82, 2.24) is 5.06 Å². The van der Waals surface area contributed by atoms with Gasteiger partial charge in [-0.1, -0.05) is 6.07 Å². The lowest BCUT2D eigenvalue weighted by Crippen LogP contribution is -2.44. The molecule has 5 N–H and O–H groups in total. The van der Waals surface area contributed by atoms with E-state index in [2.05, 4.69) is 0 Å². The fourth-order valence-corrected chi connectivity index (χ4v) is 5.16. The molecule has 0 saturated heterocycles. The topological polar surface area (TPSA) is 150 Å². The molecule has 0 aromatic heterocycles. The van der Waals surface area contributed by atoms with Gasteiger partial charge in [-0.15, -0.1) is 0 Å². The molecule has 0 heterocycles. The Labute approximate surface area is 178 Å². The van der Waals surface area contributed by atoms with Gasteiger partial charge in [0, 0.05) is 25.6 Å². The Bertz CT molecular complexity index is 1070. The molecule has 1 aromatic rings. The second kappa shape index (κ2) is 7.51. The first-order valence-corrected chi connectivity index (χ1v) is 9.98. The normalized spacial score (nSPS) is 25.5. The highest BCUT2D eigenvalue weighted by Crippen LogP contribution is 2.50. The Balaban J connectivity index is 1.84. The van der Waals surface area contributed by atoms with Gasteiger partial charge in [0.2, 0.25) is 0 Å². The van der Waals surface area contributed by atoms with E-state index in [4.69, 9.17) is 10.6 Å². The molecule has 164 valence electrons. The molecular formula is C22H24N2O7. The van der Waals surface area contributed by atoms with E-state index in [1.807, 2.05) is 0 Å². The number of nitrogens with zero attached hydrogens (tertiary/aromatic N) is 1. The van der Waals surface area contributed by atoms with Gasteiger partial charge >= 0.3 is 0 Å². The number of primary amides is 1. The van der Waals surface area contributed by atoms with Gasteiger partial charge in [-0.3, -0.25) is 14.4 Å². The van der Waals surface area contributed by atoms with Crippen LogP contribution in [0.3, 0.4) is 0 Å². The molecule has 9 nitrogen and oxygen atoms in total. The van der Waals surface area contributed by atoms with Crippen LogP contribution in [-0.2, 0) is 32.2 Å². The predicted octanol–water partition coefficient (Wildman–Crippen LogP) is 1.30. The van der Waals surface area contributed by atoms with E-state index in [1.54, 1.807) is 18.2 Å². The van der Waals surface area contributed by atoms with Crippen molar-refractivity contribution in [2.45, 2.75) is 25.8 Å². The number of Topliss-reactive ketones (excluding diaryl/α,β-unsaturated/α-hetero) is 2. The summed E-state index contributed by atoms with van der Waals surface area (Å²) in [5, 5.41) is 33.6. The standard InChI is InChI=1S/C22H24N2O7/c1-24(31-2)8-9-3-4-13(25)17-12(9)6-10-5-11-7-14(26)18(22(23)30)21(29)16(11)19(27)15(10)20(17)28/h3-4,10-11,16,25,28-29H,5-8H2,1-2H3,(H2,23,30). The van der Waals surface area contributed by atoms with Crippen molar-refractivity contribution >= 4 is 23.2 Å². The average Bonchev–Trinajstić information content (AvgIpc) is 2.68. The van der Waals surface area contributed by atoms with Crippen molar-refractivity contribution < 1.29 is 34.5 Å². The van der Waals surface area contributed by atoms with Gasteiger partial charge in [0.15, 0.2) is 11.6 Å². The Morgan fingerprint density at radius 2 is 1.94 bits per heavy atom. The summed E-state index contributed by atoms with van der Waals surface area (Å²) in [6, 6.07) is 3.19. The highest BCUT2D eigenvalue weighted by molar-refractivity contribution is 6.21. The fourth-order valence-electron chi connectivity index (χ4n) is 5.16. The average molecular weight is 428 g/mol. The summed E-state index contributed by atoms with van der Waals surface area (Å²) in [6.07, 6.45) is 0.675. The SMILES string of the molecule is CON(C)Cc1ccc(O)c2c1CC1CC3CC(=O)C(C(N)=O)=C(O)C3C(=O)C1=C2O.